The number of esters is 1. The van der Waals surface area contributed by atoms with Crippen molar-refractivity contribution in [3.05, 3.63) is 60.1 Å². The first-order valence-corrected chi connectivity index (χ1v) is 6.35. The fraction of sp³-hybridized carbons (Fsp3) is 0.188. The van der Waals surface area contributed by atoms with Crippen molar-refractivity contribution in [2.24, 2.45) is 0 Å². The van der Waals surface area contributed by atoms with Gasteiger partial charge in [-0.2, -0.15) is 0 Å². The summed E-state index contributed by atoms with van der Waals surface area (Å²) in [7, 11) is 1.62. The van der Waals surface area contributed by atoms with Crippen LogP contribution in [0, 0.1) is 0 Å². The van der Waals surface area contributed by atoms with Crippen LogP contribution in [0.1, 0.15) is 23.8 Å². The molecule has 1 unspecified atom stereocenters. The highest BCUT2D eigenvalue weighted by atomic mass is 16.6. The Morgan fingerprint density at radius 1 is 1.20 bits per heavy atom. The second-order valence-corrected chi connectivity index (χ2v) is 4.54. The van der Waals surface area contributed by atoms with Crippen LogP contribution in [0.2, 0.25) is 0 Å². The molecule has 102 valence electrons. The summed E-state index contributed by atoms with van der Waals surface area (Å²) >= 11 is 0. The number of carbonyl (C=O) groups excluding carboxylic acids is 1. The highest BCUT2D eigenvalue weighted by Crippen LogP contribution is 2.34. The van der Waals surface area contributed by atoms with Gasteiger partial charge in [0.15, 0.2) is 6.10 Å². The summed E-state index contributed by atoms with van der Waals surface area (Å²) in [4.78, 5) is 11.7. The minimum absolute atomic E-state index is 0.344. The standard InChI is InChI=1S/C16H14O4/c1-18-13-6-4-11(5-7-13)12-9-15(20-16(17)10-12)14-3-2-8-19-14/h2-8,10,15H,9H2,1H3. The van der Waals surface area contributed by atoms with Gasteiger partial charge >= 0.3 is 5.97 Å². The molecule has 3 rings (SSSR count). The minimum Gasteiger partial charge on any atom is -0.497 e. The van der Waals surface area contributed by atoms with Gasteiger partial charge in [-0.15, -0.1) is 0 Å². The SMILES string of the molecule is COc1ccc(C2=CC(=O)OC(c3ccco3)C2)cc1. The van der Waals surface area contributed by atoms with E-state index in [1.807, 2.05) is 30.3 Å². The second kappa shape index (κ2) is 5.25. The molecule has 20 heavy (non-hydrogen) atoms. The molecule has 0 fully saturated rings. The zero-order chi connectivity index (χ0) is 13.9. The number of furan rings is 1. The lowest BCUT2D eigenvalue weighted by Crippen LogP contribution is -2.15. The highest BCUT2D eigenvalue weighted by Gasteiger charge is 2.25. The molecular formula is C16H14O4. The normalized spacial score (nSPS) is 18.4. The van der Waals surface area contributed by atoms with Crippen LogP contribution in [-0.4, -0.2) is 13.1 Å². The van der Waals surface area contributed by atoms with Crippen molar-refractivity contribution in [1.82, 2.24) is 0 Å². The Balaban J connectivity index is 1.86. The first-order valence-electron chi connectivity index (χ1n) is 6.35. The van der Waals surface area contributed by atoms with Crippen molar-refractivity contribution in [3.8, 4) is 5.75 Å². The van der Waals surface area contributed by atoms with E-state index in [-0.39, 0.29) is 12.1 Å². The van der Waals surface area contributed by atoms with Crippen molar-refractivity contribution in [3.63, 3.8) is 0 Å². The zero-order valence-corrected chi connectivity index (χ0v) is 11.0. The molecule has 0 N–H and O–H groups in total. The maximum Gasteiger partial charge on any atom is 0.331 e. The molecule has 4 nitrogen and oxygen atoms in total. The molecule has 0 saturated carbocycles. The van der Waals surface area contributed by atoms with Crippen LogP contribution in [0.25, 0.3) is 5.57 Å². The van der Waals surface area contributed by atoms with Gasteiger partial charge in [-0.3, -0.25) is 0 Å². The van der Waals surface area contributed by atoms with Crippen LogP contribution in [0.5, 0.6) is 5.75 Å². The van der Waals surface area contributed by atoms with E-state index in [1.54, 1.807) is 19.4 Å². The van der Waals surface area contributed by atoms with Crippen molar-refractivity contribution in [2.45, 2.75) is 12.5 Å². The van der Waals surface area contributed by atoms with E-state index in [1.165, 1.54) is 6.08 Å². The lowest BCUT2D eigenvalue weighted by atomic mass is 9.96. The predicted molar refractivity (Wildman–Crippen MR) is 73.1 cm³/mol. The first-order chi connectivity index (χ1) is 9.76. The molecule has 1 aliphatic rings. The molecule has 1 aromatic heterocycles. The molecule has 0 amide bonds. The summed E-state index contributed by atoms with van der Waals surface area (Å²) in [6.45, 7) is 0. The summed E-state index contributed by atoms with van der Waals surface area (Å²) in [5.41, 5.74) is 1.92. The molecule has 0 radical (unpaired) electrons. The summed E-state index contributed by atoms with van der Waals surface area (Å²) in [6, 6.07) is 11.2. The summed E-state index contributed by atoms with van der Waals surface area (Å²) in [5.74, 6) is 1.11. The van der Waals surface area contributed by atoms with Crippen LogP contribution in [-0.2, 0) is 9.53 Å². The molecule has 4 heteroatoms. The van der Waals surface area contributed by atoms with Gasteiger partial charge in [0, 0.05) is 12.5 Å². The van der Waals surface area contributed by atoms with E-state index in [2.05, 4.69) is 0 Å². The molecule has 0 saturated heterocycles. The average Bonchev–Trinajstić information content (AvgIpc) is 3.01. The monoisotopic (exact) mass is 270 g/mol. The zero-order valence-electron chi connectivity index (χ0n) is 11.0. The van der Waals surface area contributed by atoms with Gasteiger partial charge in [-0.25, -0.2) is 4.79 Å². The fourth-order valence-electron chi connectivity index (χ4n) is 2.26. The molecule has 0 spiro atoms. The maximum absolute atomic E-state index is 11.7. The van der Waals surface area contributed by atoms with E-state index in [9.17, 15) is 4.79 Å². The van der Waals surface area contributed by atoms with Crippen molar-refractivity contribution >= 4 is 11.5 Å². The smallest absolute Gasteiger partial charge is 0.331 e. The molecule has 2 heterocycles. The molecule has 2 aromatic rings. The third kappa shape index (κ3) is 2.45. The van der Waals surface area contributed by atoms with Gasteiger partial charge in [0.25, 0.3) is 0 Å². The molecule has 0 aliphatic carbocycles. The minimum atomic E-state index is -0.361. The summed E-state index contributed by atoms with van der Waals surface area (Å²) in [6.07, 6.45) is 3.35. The van der Waals surface area contributed by atoms with Crippen LogP contribution in [0.15, 0.2) is 53.2 Å². The fourth-order valence-corrected chi connectivity index (χ4v) is 2.26. The number of cyclic esters (lactones) is 1. The first kappa shape index (κ1) is 12.5. The molecule has 1 aromatic carbocycles. The molecule has 1 aliphatic heterocycles. The lowest BCUT2D eigenvalue weighted by Gasteiger charge is -2.21. The Labute approximate surface area is 116 Å². The molecule has 0 bridgehead atoms. The summed E-state index contributed by atoms with van der Waals surface area (Å²) in [5, 5.41) is 0. The van der Waals surface area contributed by atoms with Crippen LogP contribution >= 0.6 is 0 Å². The van der Waals surface area contributed by atoms with Gasteiger partial charge in [0.2, 0.25) is 0 Å². The van der Waals surface area contributed by atoms with Crippen LogP contribution in [0.3, 0.4) is 0 Å². The Hall–Kier alpha value is -2.49. The highest BCUT2D eigenvalue weighted by molar-refractivity contribution is 5.93. The van der Waals surface area contributed by atoms with E-state index < -0.39 is 0 Å². The van der Waals surface area contributed by atoms with E-state index in [0.717, 1.165) is 16.9 Å². The Morgan fingerprint density at radius 3 is 2.65 bits per heavy atom. The second-order valence-electron chi connectivity index (χ2n) is 4.54. The van der Waals surface area contributed by atoms with Gasteiger partial charge in [-0.1, -0.05) is 12.1 Å². The van der Waals surface area contributed by atoms with E-state index in [4.69, 9.17) is 13.9 Å². The Morgan fingerprint density at radius 2 is 2.00 bits per heavy atom. The van der Waals surface area contributed by atoms with Crippen molar-refractivity contribution < 1.29 is 18.7 Å². The van der Waals surface area contributed by atoms with E-state index in [0.29, 0.717) is 12.2 Å². The number of methoxy groups -OCH3 is 1. The third-order valence-electron chi connectivity index (χ3n) is 3.28. The van der Waals surface area contributed by atoms with E-state index >= 15 is 0 Å². The Bertz CT molecular complexity index is 623. The topological polar surface area (TPSA) is 48.7 Å². The number of benzene rings is 1. The maximum atomic E-state index is 11.7. The van der Waals surface area contributed by atoms with Gasteiger partial charge in [0.05, 0.1) is 13.4 Å². The van der Waals surface area contributed by atoms with Crippen molar-refractivity contribution in [2.75, 3.05) is 7.11 Å². The lowest BCUT2D eigenvalue weighted by molar-refractivity contribution is -0.144. The van der Waals surface area contributed by atoms with Crippen LogP contribution < -0.4 is 4.74 Å². The molecule has 1 atom stereocenters. The van der Waals surface area contributed by atoms with Crippen molar-refractivity contribution in [1.29, 1.82) is 0 Å². The average molecular weight is 270 g/mol. The number of carbonyl (C=O) groups is 1. The van der Waals surface area contributed by atoms with Gasteiger partial charge in [0.1, 0.15) is 11.5 Å². The molecular weight excluding hydrogens is 256 g/mol. The number of ether oxygens (including phenoxy) is 2. The number of hydrogen-bond donors (Lipinski definition) is 0. The number of rotatable bonds is 3. The number of hydrogen-bond acceptors (Lipinski definition) is 4. The largest absolute Gasteiger partial charge is 0.497 e. The summed E-state index contributed by atoms with van der Waals surface area (Å²) < 4.78 is 15.7. The van der Waals surface area contributed by atoms with Gasteiger partial charge < -0.3 is 13.9 Å². The van der Waals surface area contributed by atoms with Gasteiger partial charge in [-0.05, 0) is 35.4 Å². The quantitative estimate of drug-likeness (QED) is 0.802. The third-order valence-corrected chi connectivity index (χ3v) is 3.28. The Kier molecular flexibility index (Phi) is 3.29. The van der Waals surface area contributed by atoms with Crippen LogP contribution in [0.4, 0.5) is 0 Å². The predicted octanol–water partition coefficient (Wildman–Crippen LogP) is 3.36.